The van der Waals surface area contributed by atoms with E-state index in [1.165, 1.54) is 31.7 Å². The summed E-state index contributed by atoms with van der Waals surface area (Å²) in [5.41, 5.74) is 1.00. The van der Waals surface area contributed by atoms with Crippen LogP contribution in [0.1, 0.15) is 31.2 Å². The van der Waals surface area contributed by atoms with Gasteiger partial charge in [0.2, 0.25) is 5.95 Å². The Labute approximate surface area is 122 Å². The minimum atomic E-state index is -0.448. The van der Waals surface area contributed by atoms with Crippen molar-refractivity contribution in [2.75, 3.05) is 13.7 Å². The number of nitrogens with zero attached hydrogens (tertiary/aromatic N) is 1. The van der Waals surface area contributed by atoms with E-state index in [-0.39, 0.29) is 0 Å². The zero-order valence-corrected chi connectivity index (χ0v) is 12.7. The fraction of sp³-hybridized carbons (Fsp3) is 0.643. The van der Waals surface area contributed by atoms with E-state index in [9.17, 15) is 4.39 Å². The van der Waals surface area contributed by atoms with Crippen molar-refractivity contribution in [2.24, 2.45) is 5.92 Å². The van der Waals surface area contributed by atoms with Crippen LogP contribution in [0.25, 0.3) is 0 Å². The first-order valence-electron chi connectivity index (χ1n) is 6.72. The molecule has 0 atom stereocenters. The van der Waals surface area contributed by atoms with Crippen LogP contribution in [0.5, 0.6) is 0 Å². The van der Waals surface area contributed by atoms with Crippen molar-refractivity contribution in [3.63, 3.8) is 0 Å². The molecule has 1 aromatic rings. The monoisotopic (exact) mass is 330 g/mol. The number of halogens is 2. The Morgan fingerprint density at radius 3 is 2.74 bits per heavy atom. The van der Waals surface area contributed by atoms with Crippen molar-refractivity contribution in [1.29, 1.82) is 0 Å². The van der Waals surface area contributed by atoms with E-state index in [0.29, 0.717) is 16.6 Å². The molecule has 0 unspecified atom stereocenters. The molecule has 1 heterocycles. The molecule has 0 aliphatic heterocycles. The van der Waals surface area contributed by atoms with Gasteiger partial charge in [-0.3, -0.25) is 0 Å². The number of pyridine rings is 1. The molecule has 0 radical (unpaired) electrons. The van der Waals surface area contributed by atoms with Gasteiger partial charge in [-0.2, -0.15) is 4.39 Å². The van der Waals surface area contributed by atoms with Crippen LogP contribution in [0.15, 0.2) is 16.7 Å². The van der Waals surface area contributed by atoms with E-state index in [4.69, 9.17) is 4.74 Å². The number of hydrogen-bond acceptors (Lipinski definition) is 3. The second-order valence-corrected chi connectivity index (χ2v) is 5.89. The standard InChI is InChI=1S/C14H20BrFN2O/c1-19-9-10-2-5-12(6-3-10)17-8-11-4-7-13(16)18-14(11)15/h4,7,10,12,17H,2-3,5-6,8-9H2,1H3. The van der Waals surface area contributed by atoms with Gasteiger partial charge in [-0.15, -0.1) is 0 Å². The summed E-state index contributed by atoms with van der Waals surface area (Å²) in [6, 6.07) is 3.72. The van der Waals surface area contributed by atoms with Crippen LogP contribution in [0.2, 0.25) is 0 Å². The fourth-order valence-electron chi connectivity index (χ4n) is 2.60. The third-order valence-electron chi connectivity index (χ3n) is 3.72. The lowest BCUT2D eigenvalue weighted by Gasteiger charge is -2.28. The average Bonchev–Trinajstić information content (AvgIpc) is 2.40. The van der Waals surface area contributed by atoms with E-state index in [0.717, 1.165) is 18.7 Å². The maximum absolute atomic E-state index is 12.9. The van der Waals surface area contributed by atoms with Crippen molar-refractivity contribution < 1.29 is 9.13 Å². The molecular formula is C14H20BrFN2O. The van der Waals surface area contributed by atoms with Crippen molar-refractivity contribution in [3.05, 3.63) is 28.2 Å². The highest BCUT2D eigenvalue weighted by molar-refractivity contribution is 9.10. The van der Waals surface area contributed by atoms with Crippen LogP contribution in [-0.2, 0) is 11.3 Å². The zero-order valence-electron chi connectivity index (χ0n) is 11.2. The lowest BCUT2D eigenvalue weighted by molar-refractivity contribution is 0.123. The zero-order chi connectivity index (χ0) is 13.7. The topological polar surface area (TPSA) is 34.1 Å². The summed E-state index contributed by atoms with van der Waals surface area (Å²) < 4.78 is 18.7. The SMILES string of the molecule is COCC1CCC(NCc2ccc(F)nc2Br)CC1. The molecule has 1 saturated carbocycles. The van der Waals surface area contributed by atoms with Crippen LogP contribution in [0, 0.1) is 11.9 Å². The lowest BCUT2D eigenvalue weighted by Crippen LogP contribution is -2.33. The molecule has 0 bridgehead atoms. The molecule has 0 aromatic carbocycles. The first-order valence-corrected chi connectivity index (χ1v) is 7.51. The first kappa shape index (κ1) is 14.9. The van der Waals surface area contributed by atoms with Gasteiger partial charge in [0.05, 0.1) is 0 Å². The van der Waals surface area contributed by atoms with Crippen LogP contribution in [0.4, 0.5) is 4.39 Å². The molecule has 3 nitrogen and oxygen atoms in total. The number of aromatic nitrogens is 1. The quantitative estimate of drug-likeness (QED) is 0.841. The Morgan fingerprint density at radius 1 is 1.37 bits per heavy atom. The number of nitrogens with one attached hydrogen (secondary N) is 1. The van der Waals surface area contributed by atoms with E-state index >= 15 is 0 Å². The molecule has 2 rings (SSSR count). The maximum Gasteiger partial charge on any atom is 0.213 e. The lowest BCUT2D eigenvalue weighted by atomic mass is 9.86. The van der Waals surface area contributed by atoms with Crippen LogP contribution in [-0.4, -0.2) is 24.7 Å². The summed E-state index contributed by atoms with van der Waals surface area (Å²) >= 11 is 3.29. The fourth-order valence-corrected chi connectivity index (χ4v) is 3.04. The van der Waals surface area contributed by atoms with Gasteiger partial charge in [-0.1, -0.05) is 6.07 Å². The van der Waals surface area contributed by atoms with Crippen molar-refractivity contribution in [3.8, 4) is 0 Å². The molecular weight excluding hydrogens is 311 g/mol. The largest absolute Gasteiger partial charge is 0.384 e. The van der Waals surface area contributed by atoms with Crippen LogP contribution in [0.3, 0.4) is 0 Å². The Balaban J connectivity index is 1.77. The van der Waals surface area contributed by atoms with Gasteiger partial charge in [0, 0.05) is 26.3 Å². The molecule has 1 aliphatic carbocycles. The number of rotatable bonds is 5. The molecule has 1 aromatic heterocycles. The minimum Gasteiger partial charge on any atom is -0.384 e. The van der Waals surface area contributed by atoms with Gasteiger partial charge >= 0.3 is 0 Å². The van der Waals surface area contributed by atoms with E-state index < -0.39 is 5.95 Å². The molecule has 1 fully saturated rings. The van der Waals surface area contributed by atoms with Crippen LogP contribution < -0.4 is 5.32 Å². The van der Waals surface area contributed by atoms with Crippen molar-refractivity contribution in [1.82, 2.24) is 10.3 Å². The minimum absolute atomic E-state index is 0.448. The molecule has 0 amide bonds. The highest BCUT2D eigenvalue weighted by atomic mass is 79.9. The predicted octanol–water partition coefficient (Wildman–Crippen LogP) is 3.28. The summed E-state index contributed by atoms with van der Waals surface area (Å²) in [4.78, 5) is 3.77. The molecule has 5 heteroatoms. The van der Waals surface area contributed by atoms with Crippen molar-refractivity contribution >= 4 is 15.9 Å². The predicted molar refractivity (Wildman–Crippen MR) is 76.4 cm³/mol. The molecule has 106 valence electrons. The molecule has 0 saturated heterocycles. The highest BCUT2D eigenvalue weighted by Crippen LogP contribution is 2.25. The highest BCUT2D eigenvalue weighted by Gasteiger charge is 2.20. The molecule has 1 N–H and O–H groups in total. The number of methoxy groups -OCH3 is 1. The van der Waals surface area contributed by atoms with Gasteiger partial charge in [0.25, 0.3) is 0 Å². The molecule has 0 spiro atoms. The van der Waals surface area contributed by atoms with Gasteiger partial charge in [0.15, 0.2) is 0 Å². The smallest absolute Gasteiger partial charge is 0.213 e. The van der Waals surface area contributed by atoms with Crippen LogP contribution >= 0.6 is 15.9 Å². The van der Waals surface area contributed by atoms with E-state index in [1.54, 1.807) is 13.2 Å². The maximum atomic E-state index is 12.9. The number of hydrogen-bond donors (Lipinski definition) is 1. The Kier molecular flexibility index (Phi) is 5.73. The molecule has 19 heavy (non-hydrogen) atoms. The second kappa shape index (κ2) is 7.31. The van der Waals surface area contributed by atoms with Gasteiger partial charge in [0.1, 0.15) is 4.60 Å². The summed E-state index contributed by atoms with van der Waals surface area (Å²) in [5.74, 6) is 0.262. The molecule has 1 aliphatic rings. The first-order chi connectivity index (χ1) is 9.19. The average molecular weight is 331 g/mol. The third-order valence-corrected chi connectivity index (χ3v) is 4.41. The Morgan fingerprint density at radius 2 is 2.11 bits per heavy atom. The third kappa shape index (κ3) is 4.51. The number of ether oxygens (including phenoxy) is 1. The van der Waals surface area contributed by atoms with Crippen molar-refractivity contribution in [2.45, 2.75) is 38.3 Å². The van der Waals surface area contributed by atoms with E-state index in [1.807, 2.05) is 0 Å². The summed E-state index contributed by atoms with van der Waals surface area (Å²) in [6.45, 7) is 1.60. The summed E-state index contributed by atoms with van der Waals surface area (Å²) in [6.07, 6.45) is 4.79. The second-order valence-electron chi connectivity index (χ2n) is 5.14. The summed E-state index contributed by atoms with van der Waals surface area (Å²) in [7, 11) is 1.77. The van der Waals surface area contributed by atoms with Gasteiger partial charge in [-0.05, 0) is 59.2 Å². The Bertz CT molecular complexity index is 408. The van der Waals surface area contributed by atoms with Gasteiger partial charge in [-0.25, -0.2) is 4.98 Å². The normalized spacial score (nSPS) is 23.5. The van der Waals surface area contributed by atoms with Gasteiger partial charge < -0.3 is 10.1 Å². The Hall–Kier alpha value is -0.520. The summed E-state index contributed by atoms with van der Waals surface area (Å²) in [5, 5.41) is 3.53. The van der Waals surface area contributed by atoms with E-state index in [2.05, 4.69) is 26.2 Å².